The van der Waals surface area contributed by atoms with Crippen LogP contribution in [0.1, 0.15) is 37.4 Å². The van der Waals surface area contributed by atoms with Gasteiger partial charge in [0.05, 0.1) is 17.5 Å². The van der Waals surface area contributed by atoms with Gasteiger partial charge in [-0.2, -0.15) is 0 Å². The van der Waals surface area contributed by atoms with Gasteiger partial charge in [0.25, 0.3) is 0 Å². The van der Waals surface area contributed by atoms with Gasteiger partial charge in [0, 0.05) is 16.7 Å². The van der Waals surface area contributed by atoms with Crippen molar-refractivity contribution in [2.24, 2.45) is 0 Å². The van der Waals surface area contributed by atoms with Crippen molar-refractivity contribution in [3.63, 3.8) is 0 Å². The summed E-state index contributed by atoms with van der Waals surface area (Å²) in [6.07, 6.45) is -0.574. The summed E-state index contributed by atoms with van der Waals surface area (Å²) in [4.78, 5) is 35.7. The molecule has 22 heavy (non-hydrogen) atoms. The molecule has 6 nitrogen and oxygen atoms in total. The van der Waals surface area contributed by atoms with Crippen molar-refractivity contribution in [2.75, 3.05) is 0 Å². The zero-order valence-corrected chi connectivity index (χ0v) is 11.2. The molecule has 110 valence electrons. The van der Waals surface area contributed by atoms with Crippen molar-refractivity contribution in [1.29, 1.82) is 0 Å². The first-order chi connectivity index (χ1) is 10.4. The normalized spacial score (nSPS) is 12.7. The van der Waals surface area contributed by atoms with Crippen LogP contribution < -0.4 is 0 Å². The third-order valence-electron chi connectivity index (χ3n) is 3.57. The summed E-state index contributed by atoms with van der Waals surface area (Å²) in [6, 6.07) is 7.07. The monoisotopic (exact) mass is 298 g/mol. The highest BCUT2D eigenvalue weighted by atomic mass is 16.4. The van der Waals surface area contributed by atoms with E-state index in [0.29, 0.717) is 0 Å². The van der Waals surface area contributed by atoms with E-state index in [9.17, 15) is 24.6 Å². The van der Waals surface area contributed by atoms with E-state index in [1.807, 2.05) is 0 Å². The number of aromatic hydroxyl groups is 2. The molecule has 0 amide bonds. The third-order valence-corrected chi connectivity index (χ3v) is 3.57. The molecule has 2 aromatic rings. The number of carbonyl (C=O) groups excluding carboxylic acids is 2. The molecule has 1 aliphatic carbocycles. The number of carbonyl (C=O) groups is 3. The van der Waals surface area contributed by atoms with Gasteiger partial charge in [-0.05, 0) is 6.07 Å². The van der Waals surface area contributed by atoms with E-state index in [2.05, 4.69) is 0 Å². The molecule has 3 rings (SSSR count). The minimum atomic E-state index is -1.23. The summed E-state index contributed by atoms with van der Waals surface area (Å²) in [5.74, 6) is -3.53. The summed E-state index contributed by atoms with van der Waals surface area (Å²) < 4.78 is 0. The van der Waals surface area contributed by atoms with Gasteiger partial charge < -0.3 is 15.3 Å². The number of hydrogen-bond donors (Lipinski definition) is 3. The molecular formula is C16H10O6. The highest BCUT2D eigenvalue weighted by Crippen LogP contribution is 2.40. The molecule has 0 saturated heterocycles. The van der Waals surface area contributed by atoms with Crippen LogP contribution in [0.4, 0.5) is 0 Å². The number of benzene rings is 2. The highest BCUT2D eigenvalue weighted by Gasteiger charge is 2.35. The molecule has 0 atom stereocenters. The molecule has 0 aromatic heterocycles. The average Bonchev–Trinajstić information content (AvgIpc) is 2.47. The van der Waals surface area contributed by atoms with E-state index in [4.69, 9.17) is 5.11 Å². The van der Waals surface area contributed by atoms with Gasteiger partial charge >= 0.3 is 5.97 Å². The number of ketones is 2. The quantitative estimate of drug-likeness (QED) is 0.618. The molecule has 6 heteroatoms. The summed E-state index contributed by atoms with van der Waals surface area (Å²) in [5, 5.41) is 29.0. The highest BCUT2D eigenvalue weighted by molar-refractivity contribution is 6.30. The van der Waals surface area contributed by atoms with Crippen LogP contribution in [0.3, 0.4) is 0 Å². The zero-order valence-electron chi connectivity index (χ0n) is 11.2. The fourth-order valence-electron chi connectivity index (χ4n) is 2.61. The molecule has 0 aliphatic heterocycles. The van der Waals surface area contributed by atoms with Crippen molar-refractivity contribution in [1.82, 2.24) is 0 Å². The van der Waals surface area contributed by atoms with Gasteiger partial charge in [0.1, 0.15) is 11.5 Å². The number of hydrogen-bond acceptors (Lipinski definition) is 5. The standard InChI is InChI=1S/C16H10O6/c17-10-5-7(6-11(18)19)14(20)13-12(10)15(21)8-3-1-2-4-9(8)16(13)22/h1-5,17,20H,6H2,(H,18,19). The molecule has 3 N–H and O–H groups in total. The van der Waals surface area contributed by atoms with Gasteiger partial charge in [0.15, 0.2) is 11.6 Å². The Bertz CT molecular complexity index is 850. The van der Waals surface area contributed by atoms with E-state index < -0.39 is 35.5 Å². The van der Waals surface area contributed by atoms with E-state index >= 15 is 0 Å². The van der Waals surface area contributed by atoms with Crippen molar-refractivity contribution >= 4 is 17.5 Å². The second-order valence-corrected chi connectivity index (χ2v) is 4.93. The molecule has 2 aromatic carbocycles. The molecule has 0 heterocycles. The molecule has 0 spiro atoms. The minimum absolute atomic E-state index is 0.113. The molecule has 0 unspecified atom stereocenters. The SMILES string of the molecule is O=C(O)Cc1cc(O)c2c(c1O)C(=O)c1ccccc1C2=O. The second-order valence-electron chi connectivity index (χ2n) is 4.93. The maximum absolute atomic E-state index is 12.5. The van der Waals surface area contributed by atoms with Gasteiger partial charge in [-0.25, -0.2) is 0 Å². The summed E-state index contributed by atoms with van der Waals surface area (Å²) in [5.41, 5.74) is -0.512. The minimum Gasteiger partial charge on any atom is -0.507 e. The van der Waals surface area contributed by atoms with Crippen LogP contribution in [-0.4, -0.2) is 32.9 Å². The van der Waals surface area contributed by atoms with Crippen molar-refractivity contribution in [3.05, 3.63) is 58.1 Å². The summed E-state index contributed by atoms with van der Waals surface area (Å²) >= 11 is 0. The number of carboxylic acid groups (broad SMARTS) is 1. The van der Waals surface area contributed by atoms with Gasteiger partial charge in [-0.15, -0.1) is 0 Å². The van der Waals surface area contributed by atoms with Crippen molar-refractivity contribution in [2.45, 2.75) is 6.42 Å². The number of rotatable bonds is 2. The number of phenols is 2. The third kappa shape index (κ3) is 1.85. The van der Waals surface area contributed by atoms with E-state index in [1.165, 1.54) is 12.1 Å². The fourth-order valence-corrected chi connectivity index (χ4v) is 2.61. The summed E-state index contributed by atoms with van der Waals surface area (Å²) in [6.45, 7) is 0. The zero-order chi connectivity index (χ0) is 16.0. The molecule has 0 saturated carbocycles. The van der Waals surface area contributed by atoms with Gasteiger partial charge in [0.2, 0.25) is 0 Å². The first kappa shape index (κ1) is 13.8. The van der Waals surface area contributed by atoms with Crippen LogP contribution in [0.2, 0.25) is 0 Å². The lowest BCUT2D eigenvalue weighted by molar-refractivity contribution is -0.136. The van der Waals surface area contributed by atoms with E-state index in [0.717, 1.165) is 6.07 Å². The Kier molecular flexibility index (Phi) is 2.95. The Morgan fingerprint density at radius 3 is 2.05 bits per heavy atom. The smallest absolute Gasteiger partial charge is 0.307 e. The van der Waals surface area contributed by atoms with Crippen LogP contribution in [0.5, 0.6) is 11.5 Å². The molecule has 1 aliphatic rings. The predicted molar refractivity (Wildman–Crippen MR) is 74.4 cm³/mol. The second kappa shape index (κ2) is 4.70. The van der Waals surface area contributed by atoms with Crippen molar-refractivity contribution < 1.29 is 29.7 Å². The largest absolute Gasteiger partial charge is 0.507 e. The molecule has 0 bridgehead atoms. The Balaban J connectivity index is 2.31. The maximum atomic E-state index is 12.5. The molecular weight excluding hydrogens is 288 g/mol. The lowest BCUT2D eigenvalue weighted by atomic mass is 9.82. The number of carboxylic acids is 1. The number of fused-ring (bicyclic) bond motifs is 2. The number of aliphatic carboxylic acids is 1. The Hall–Kier alpha value is -3.15. The van der Waals surface area contributed by atoms with Gasteiger partial charge in [-0.1, -0.05) is 24.3 Å². The topological polar surface area (TPSA) is 112 Å². The first-order valence-electron chi connectivity index (χ1n) is 6.40. The van der Waals surface area contributed by atoms with Crippen LogP contribution >= 0.6 is 0 Å². The molecule has 0 radical (unpaired) electrons. The van der Waals surface area contributed by atoms with Crippen LogP contribution in [-0.2, 0) is 11.2 Å². The summed E-state index contributed by atoms with van der Waals surface area (Å²) in [7, 11) is 0. The average molecular weight is 298 g/mol. The predicted octanol–water partition coefficient (Wildman–Crippen LogP) is 1.50. The first-order valence-corrected chi connectivity index (χ1v) is 6.40. The lowest BCUT2D eigenvalue weighted by Gasteiger charge is -2.20. The van der Waals surface area contributed by atoms with Gasteiger partial charge in [-0.3, -0.25) is 14.4 Å². The van der Waals surface area contributed by atoms with Crippen LogP contribution in [0.15, 0.2) is 30.3 Å². The van der Waals surface area contributed by atoms with Crippen molar-refractivity contribution in [3.8, 4) is 11.5 Å². The maximum Gasteiger partial charge on any atom is 0.307 e. The van der Waals surface area contributed by atoms with E-state index in [-0.39, 0.29) is 27.8 Å². The van der Waals surface area contributed by atoms with Crippen LogP contribution in [0.25, 0.3) is 0 Å². The Morgan fingerprint density at radius 2 is 1.50 bits per heavy atom. The lowest BCUT2D eigenvalue weighted by Crippen LogP contribution is -2.22. The molecule has 0 fully saturated rings. The fraction of sp³-hybridized carbons (Fsp3) is 0.0625. The van der Waals surface area contributed by atoms with Crippen LogP contribution in [0, 0.1) is 0 Å². The Morgan fingerprint density at radius 1 is 0.955 bits per heavy atom. The number of phenolic OH excluding ortho intramolecular Hbond substituents is 2. The van der Waals surface area contributed by atoms with E-state index in [1.54, 1.807) is 12.1 Å². The Labute approximate surface area is 124 Å².